The van der Waals surface area contributed by atoms with Crippen molar-refractivity contribution in [2.75, 3.05) is 0 Å². The first-order chi connectivity index (χ1) is 7.56. The van der Waals surface area contributed by atoms with Gasteiger partial charge in [-0.3, -0.25) is 0 Å². The number of halogens is 4. The smallest absolute Gasteiger partial charge is 0.194 e. The SMILES string of the molecule is Cl.N[C@H]1CC[C@@H](Oc2cc(F)c(F)c(F)c2)C1. The molecule has 0 spiro atoms. The molecule has 1 fully saturated rings. The number of nitrogens with two attached hydrogens (primary N) is 1. The summed E-state index contributed by atoms with van der Waals surface area (Å²) in [6.45, 7) is 0. The van der Waals surface area contributed by atoms with Crippen molar-refractivity contribution in [1.29, 1.82) is 0 Å². The topological polar surface area (TPSA) is 35.2 Å². The Morgan fingerprint density at radius 1 is 1.12 bits per heavy atom. The molecule has 2 nitrogen and oxygen atoms in total. The van der Waals surface area contributed by atoms with E-state index >= 15 is 0 Å². The lowest BCUT2D eigenvalue weighted by Gasteiger charge is -2.13. The van der Waals surface area contributed by atoms with Gasteiger partial charge < -0.3 is 10.5 Å². The number of benzene rings is 1. The van der Waals surface area contributed by atoms with Crippen molar-refractivity contribution in [2.45, 2.75) is 31.4 Å². The van der Waals surface area contributed by atoms with E-state index in [1.54, 1.807) is 0 Å². The molecule has 1 aromatic carbocycles. The van der Waals surface area contributed by atoms with Gasteiger partial charge in [0, 0.05) is 18.2 Å². The Morgan fingerprint density at radius 3 is 2.18 bits per heavy atom. The van der Waals surface area contributed by atoms with Crippen molar-refractivity contribution in [3.05, 3.63) is 29.6 Å². The molecule has 0 heterocycles. The Kier molecular flexibility index (Phi) is 4.65. The average Bonchev–Trinajstić information content (AvgIpc) is 2.60. The Bertz CT molecular complexity index is 379. The second kappa shape index (κ2) is 5.60. The van der Waals surface area contributed by atoms with Crippen LogP contribution in [0.1, 0.15) is 19.3 Å². The molecular weight excluding hydrogens is 255 g/mol. The van der Waals surface area contributed by atoms with E-state index in [-0.39, 0.29) is 30.3 Å². The lowest BCUT2D eigenvalue weighted by molar-refractivity contribution is 0.205. The van der Waals surface area contributed by atoms with E-state index in [0.29, 0.717) is 6.42 Å². The summed E-state index contributed by atoms with van der Waals surface area (Å²) in [5.74, 6) is -3.94. The third-order valence-electron chi connectivity index (χ3n) is 2.69. The molecule has 0 bridgehead atoms. The summed E-state index contributed by atoms with van der Waals surface area (Å²) in [5, 5.41) is 0. The minimum atomic E-state index is -1.48. The van der Waals surface area contributed by atoms with Crippen LogP contribution in [0.3, 0.4) is 0 Å². The van der Waals surface area contributed by atoms with Gasteiger partial charge >= 0.3 is 0 Å². The average molecular weight is 268 g/mol. The van der Waals surface area contributed by atoms with Crippen LogP contribution in [0, 0.1) is 17.5 Å². The van der Waals surface area contributed by atoms with E-state index in [1.807, 2.05) is 0 Å². The van der Waals surface area contributed by atoms with Gasteiger partial charge in [-0.25, -0.2) is 13.2 Å². The number of hydrogen-bond acceptors (Lipinski definition) is 2. The summed E-state index contributed by atoms with van der Waals surface area (Å²) in [6, 6.07) is 1.77. The molecule has 1 aromatic rings. The van der Waals surface area contributed by atoms with Gasteiger partial charge in [-0.2, -0.15) is 0 Å². The zero-order chi connectivity index (χ0) is 11.7. The Hall–Kier alpha value is -0.940. The lowest BCUT2D eigenvalue weighted by Crippen LogP contribution is -2.19. The highest BCUT2D eigenvalue weighted by Gasteiger charge is 2.24. The van der Waals surface area contributed by atoms with Crippen LogP contribution in [0.25, 0.3) is 0 Å². The molecule has 1 aliphatic carbocycles. The summed E-state index contributed by atoms with van der Waals surface area (Å²) < 4.78 is 43.7. The first-order valence-corrected chi connectivity index (χ1v) is 5.13. The highest BCUT2D eigenvalue weighted by Crippen LogP contribution is 2.25. The van der Waals surface area contributed by atoms with Crippen LogP contribution in [-0.2, 0) is 0 Å². The first-order valence-electron chi connectivity index (χ1n) is 5.13. The van der Waals surface area contributed by atoms with Gasteiger partial charge in [-0.15, -0.1) is 12.4 Å². The predicted molar refractivity (Wildman–Crippen MR) is 59.8 cm³/mol. The predicted octanol–water partition coefficient (Wildman–Crippen LogP) is 2.78. The summed E-state index contributed by atoms with van der Waals surface area (Å²) in [6.07, 6.45) is 2.10. The molecule has 2 rings (SSSR count). The monoisotopic (exact) mass is 267 g/mol. The highest BCUT2D eigenvalue weighted by molar-refractivity contribution is 5.85. The molecule has 0 aliphatic heterocycles. The van der Waals surface area contributed by atoms with Crippen molar-refractivity contribution >= 4 is 12.4 Å². The molecule has 1 saturated carbocycles. The zero-order valence-corrected chi connectivity index (χ0v) is 9.77. The normalized spacial score (nSPS) is 23.3. The standard InChI is InChI=1S/C11H12F3NO.ClH/c12-9-4-8(5-10(13)11(9)14)16-7-2-1-6(15)3-7;/h4-7H,1-3,15H2;1H/t6-,7+;/m0./s1. The quantitative estimate of drug-likeness (QED) is 0.837. The van der Waals surface area contributed by atoms with Crippen LogP contribution in [0.5, 0.6) is 5.75 Å². The van der Waals surface area contributed by atoms with Crippen LogP contribution < -0.4 is 10.5 Å². The Balaban J connectivity index is 0.00000144. The van der Waals surface area contributed by atoms with E-state index in [1.165, 1.54) is 0 Å². The largest absolute Gasteiger partial charge is 0.490 e. The fourth-order valence-electron chi connectivity index (χ4n) is 1.87. The van der Waals surface area contributed by atoms with Crippen molar-refractivity contribution in [2.24, 2.45) is 5.73 Å². The van der Waals surface area contributed by atoms with E-state index in [0.717, 1.165) is 25.0 Å². The molecule has 0 unspecified atom stereocenters. The van der Waals surface area contributed by atoms with Crippen molar-refractivity contribution in [3.63, 3.8) is 0 Å². The molecule has 1 aliphatic rings. The van der Waals surface area contributed by atoms with Crippen LogP contribution >= 0.6 is 12.4 Å². The Labute approximate surface area is 103 Å². The minimum Gasteiger partial charge on any atom is -0.490 e. The summed E-state index contributed by atoms with van der Waals surface area (Å²) >= 11 is 0. The van der Waals surface area contributed by atoms with E-state index in [2.05, 4.69) is 0 Å². The van der Waals surface area contributed by atoms with Gasteiger partial charge in [0.05, 0.1) is 0 Å². The molecule has 0 saturated heterocycles. The van der Waals surface area contributed by atoms with Crippen molar-refractivity contribution in [3.8, 4) is 5.75 Å². The summed E-state index contributed by atoms with van der Waals surface area (Å²) in [5.41, 5.74) is 5.67. The molecule has 96 valence electrons. The zero-order valence-electron chi connectivity index (χ0n) is 8.96. The number of rotatable bonds is 2. The second-order valence-corrected chi connectivity index (χ2v) is 4.01. The molecule has 0 amide bonds. The molecule has 2 atom stereocenters. The maximum atomic E-state index is 12.9. The maximum absolute atomic E-state index is 12.9. The molecule has 2 N–H and O–H groups in total. The fourth-order valence-corrected chi connectivity index (χ4v) is 1.87. The van der Waals surface area contributed by atoms with Gasteiger partial charge in [0.2, 0.25) is 0 Å². The highest BCUT2D eigenvalue weighted by atomic mass is 35.5. The van der Waals surface area contributed by atoms with Crippen LogP contribution in [0.15, 0.2) is 12.1 Å². The van der Waals surface area contributed by atoms with Crippen molar-refractivity contribution < 1.29 is 17.9 Å². The van der Waals surface area contributed by atoms with E-state index < -0.39 is 17.5 Å². The first kappa shape index (κ1) is 14.1. The number of ether oxygens (including phenoxy) is 1. The third kappa shape index (κ3) is 3.26. The van der Waals surface area contributed by atoms with Gasteiger partial charge in [-0.1, -0.05) is 0 Å². The summed E-state index contributed by atoms with van der Waals surface area (Å²) in [4.78, 5) is 0. The fraction of sp³-hybridized carbons (Fsp3) is 0.455. The molecule has 6 heteroatoms. The summed E-state index contributed by atoms with van der Waals surface area (Å²) in [7, 11) is 0. The van der Waals surface area contributed by atoms with Gasteiger partial charge in [0.15, 0.2) is 17.5 Å². The minimum absolute atomic E-state index is 0. The third-order valence-corrected chi connectivity index (χ3v) is 2.69. The van der Waals surface area contributed by atoms with Gasteiger partial charge in [0.1, 0.15) is 11.9 Å². The molecule has 0 aromatic heterocycles. The van der Waals surface area contributed by atoms with E-state index in [9.17, 15) is 13.2 Å². The van der Waals surface area contributed by atoms with E-state index in [4.69, 9.17) is 10.5 Å². The van der Waals surface area contributed by atoms with Crippen LogP contribution in [0.4, 0.5) is 13.2 Å². The molecular formula is C11H13ClF3NO. The lowest BCUT2D eigenvalue weighted by atomic mass is 10.2. The van der Waals surface area contributed by atoms with Crippen molar-refractivity contribution in [1.82, 2.24) is 0 Å². The molecule has 17 heavy (non-hydrogen) atoms. The van der Waals surface area contributed by atoms with Gasteiger partial charge in [0.25, 0.3) is 0 Å². The van der Waals surface area contributed by atoms with Gasteiger partial charge in [-0.05, 0) is 19.3 Å². The Morgan fingerprint density at radius 2 is 1.71 bits per heavy atom. The second-order valence-electron chi connectivity index (χ2n) is 4.01. The molecule has 0 radical (unpaired) electrons. The van der Waals surface area contributed by atoms with Crippen LogP contribution in [-0.4, -0.2) is 12.1 Å². The van der Waals surface area contributed by atoms with Crippen LogP contribution in [0.2, 0.25) is 0 Å². The maximum Gasteiger partial charge on any atom is 0.194 e. The number of hydrogen-bond donors (Lipinski definition) is 1.